The number of likely N-dealkylation sites (tertiary alicyclic amines) is 1. The summed E-state index contributed by atoms with van der Waals surface area (Å²) in [6.07, 6.45) is 6.77. The first-order chi connectivity index (χ1) is 13.7. The predicted octanol–water partition coefficient (Wildman–Crippen LogP) is 4.64. The molecule has 0 radical (unpaired) electrons. The number of azo groups is 1. The van der Waals surface area contributed by atoms with Crippen LogP contribution in [-0.4, -0.2) is 42.5 Å². The summed E-state index contributed by atoms with van der Waals surface area (Å²) in [5, 5.41) is 7.42. The fraction of sp³-hybridized carbons (Fsp3) is 0.429. The van der Waals surface area contributed by atoms with Crippen LogP contribution in [0.1, 0.15) is 41.6 Å². The van der Waals surface area contributed by atoms with E-state index >= 15 is 0 Å². The standard InChI is InChI=1S/C21H24FN5O/c1-23-25-19-8-7-17(13-18(19)22)27-11-5-6-15-12-16(14-24-20(15)27)21(28)26-9-3-2-4-10-26/h7-8,12-14H,2-6,9-11H2,1H3/b25-23+. The molecule has 1 aromatic carbocycles. The normalized spacial score (nSPS) is 17.1. The van der Waals surface area contributed by atoms with Crippen LogP contribution in [0.4, 0.5) is 21.6 Å². The summed E-state index contributed by atoms with van der Waals surface area (Å²) < 4.78 is 14.3. The number of fused-ring (bicyclic) bond motifs is 1. The zero-order valence-electron chi connectivity index (χ0n) is 16.1. The Kier molecular flexibility index (Phi) is 5.32. The van der Waals surface area contributed by atoms with Gasteiger partial charge in [-0.1, -0.05) is 0 Å². The van der Waals surface area contributed by atoms with Gasteiger partial charge >= 0.3 is 0 Å². The minimum atomic E-state index is -0.410. The van der Waals surface area contributed by atoms with Crippen molar-refractivity contribution < 1.29 is 9.18 Å². The number of rotatable bonds is 3. The van der Waals surface area contributed by atoms with Gasteiger partial charge in [0, 0.05) is 38.6 Å². The van der Waals surface area contributed by atoms with Crippen molar-refractivity contribution in [2.24, 2.45) is 10.2 Å². The maximum atomic E-state index is 14.3. The van der Waals surface area contributed by atoms with Gasteiger partial charge < -0.3 is 9.80 Å². The van der Waals surface area contributed by atoms with Crippen molar-refractivity contribution in [2.75, 3.05) is 31.6 Å². The van der Waals surface area contributed by atoms with Crippen LogP contribution in [0, 0.1) is 5.82 Å². The largest absolute Gasteiger partial charge is 0.339 e. The summed E-state index contributed by atoms with van der Waals surface area (Å²) in [6.45, 7) is 2.40. The van der Waals surface area contributed by atoms with E-state index < -0.39 is 5.82 Å². The second-order valence-electron chi connectivity index (χ2n) is 7.25. The first-order valence-corrected chi connectivity index (χ1v) is 9.82. The molecule has 0 aliphatic carbocycles. The Morgan fingerprint density at radius 1 is 1.11 bits per heavy atom. The average molecular weight is 381 g/mol. The van der Waals surface area contributed by atoms with Crippen LogP contribution < -0.4 is 4.90 Å². The molecule has 2 aliphatic heterocycles. The summed E-state index contributed by atoms with van der Waals surface area (Å²) in [6, 6.07) is 6.88. The lowest BCUT2D eigenvalue weighted by atomic mass is 10.0. The molecule has 1 fully saturated rings. The Bertz CT molecular complexity index is 908. The highest BCUT2D eigenvalue weighted by molar-refractivity contribution is 5.94. The van der Waals surface area contributed by atoms with Crippen molar-refractivity contribution in [3.63, 3.8) is 0 Å². The van der Waals surface area contributed by atoms with Gasteiger partial charge in [0.25, 0.3) is 5.91 Å². The number of carbonyl (C=O) groups is 1. The van der Waals surface area contributed by atoms with Crippen LogP contribution in [-0.2, 0) is 6.42 Å². The number of aryl methyl sites for hydroxylation is 1. The summed E-state index contributed by atoms with van der Waals surface area (Å²) in [4.78, 5) is 21.3. The highest BCUT2D eigenvalue weighted by Gasteiger charge is 2.24. The Hall–Kier alpha value is -2.83. The van der Waals surface area contributed by atoms with Crippen molar-refractivity contribution in [3.8, 4) is 0 Å². The molecular weight excluding hydrogens is 357 g/mol. The van der Waals surface area contributed by atoms with E-state index in [1.54, 1.807) is 12.3 Å². The second-order valence-corrected chi connectivity index (χ2v) is 7.25. The Labute approximate surface area is 164 Å². The Morgan fingerprint density at radius 3 is 2.68 bits per heavy atom. The van der Waals surface area contributed by atoms with E-state index in [9.17, 15) is 9.18 Å². The molecule has 0 bridgehead atoms. The zero-order valence-corrected chi connectivity index (χ0v) is 16.1. The molecule has 1 aromatic heterocycles. The maximum Gasteiger partial charge on any atom is 0.255 e. The number of carbonyl (C=O) groups excluding carboxylic acids is 1. The van der Waals surface area contributed by atoms with Crippen molar-refractivity contribution in [2.45, 2.75) is 32.1 Å². The van der Waals surface area contributed by atoms with Gasteiger partial charge in [-0.15, -0.1) is 0 Å². The van der Waals surface area contributed by atoms with Gasteiger partial charge in [0.2, 0.25) is 0 Å². The van der Waals surface area contributed by atoms with Crippen LogP contribution in [0.15, 0.2) is 40.7 Å². The molecule has 0 spiro atoms. The quantitative estimate of drug-likeness (QED) is 0.728. The molecule has 28 heavy (non-hydrogen) atoms. The number of hydrogen-bond donors (Lipinski definition) is 0. The van der Waals surface area contributed by atoms with E-state index in [1.807, 2.05) is 21.9 Å². The third kappa shape index (κ3) is 3.61. The Balaban J connectivity index is 1.61. The third-order valence-corrected chi connectivity index (χ3v) is 5.37. The van der Waals surface area contributed by atoms with Crippen LogP contribution in [0.25, 0.3) is 0 Å². The van der Waals surface area contributed by atoms with Crippen LogP contribution >= 0.6 is 0 Å². The fourth-order valence-electron chi connectivity index (χ4n) is 3.96. The van der Waals surface area contributed by atoms with E-state index in [0.29, 0.717) is 5.56 Å². The minimum absolute atomic E-state index is 0.0625. The molecule has 0 unspecified atom stereocenters. The molecule has 7 heteroatoms. The van der Waals surface area contributed by atoms with Crippen LogP contribution in [0.5, 0.6) is 0 Å². The first-order valence-electron chi connectivity index (χ1n) is 9.82. The predicted molar refractivity (Wildman–Crippen MR) is 106 cm³/mol. The number of nitrogens with zero attached hydrogens (tertiary/aromatic N) is 5. The number of aromatic nitrogens is 1. The molecule has 6 nitrogen and oxygen atoms in total. The Morgan fingerprint density at radius 2 is 1.93 bits per heavy atom. The van der Waals surface area contributed by atoms with Crippen molar-refractivity contribution in [3.05, 3.63) is 47.4 Å². The number of pyridine rings is 1. The summed E-state index contributed by atoms with van der Waals surface area (Å²) in [5.74, 6) is 0.449. The monoisotopic (exact) mass is 381 g/mol. The highest BCUT2D eigenvalue weighted by atomic mass is 19.1. The van der Waals surface area contributed by atoms with Gasteiger partial charge in [-0.05, 0) is 61.9 Å². The number of hydrogen-bond acceptors (Lipinski definition) is 5. The highest BCUT2D eigenvalue weighted by Crippen LogP contribution is 2.34. The summed E-state index contributed by atoms with van der Waals surface area (Å²) in [7, 11) is 1.51. The van der Waals surface area contributed by atoms with Crippen LogP contribution in [0.3, 0.4) is 0 Å². The molecule has 0 N–H and O–H groups in total. The maximum absolute atomic E-state index is 14.3. The van der Waals surface area contributed by atoms with Gasteiger partial charge in [0.15, 0.2) is 5.82 Å². The average Bonchev–Trinajstić information content (AvgIpc) is 2.74. The van der Waals surface area contributed by atoms with Crippen molar-refractivity contribution in [1.29, 1.82) is 0 Å². The van der Waals surface area contributed by atoms with Gasteiger partial charge in [-0.3, -0.25) is 4.79 Å². The molecule has 4 rings (SSSR count). The van der Waals surface area contributed by atoms with E-state index in [4.69, 9.17) is 0 Å². The molecule has 1 saturated heterocycles. The SMILES string of the molecule is C/N=N/c1ccc(N2CCCc3cc(C(=O)N4CCCCC4)cnc32)cc1F. The number of piperidine rings is 1. The molecular formula is C21H24FN5O. The molecule has 2 aromatic rings. The zero-order chi connectivity index (χ0) is 19.5. The number of halogens is 1. The van der Waals surface area contributed by atoms with E-state index in [0.717, 1.165) is 62.4 Å². The van der Waals surface area contributed by atoms with E-state index in [1.165, 1.54) is 19.5 Å². The first kappa shape index (κ1) is 18.5. The minimum Gasteiger partial charge on any atom is -0.339 e. The lowest BCUT2D eigenvalue weighted by Gasteiger charge is -2.31. The third-order valence-electron chi connectivity index (χ3n) is 5.37. The van der Waals surface area contributed by atoms with Gasteiger partial charge in [0.05, 0.1) is 5.56 Å². The topological polar surface area (TPSA) is 61.2 Å². The molecule has 1 amide bonds. The van der Waals surface area contributed by atoms with Gasteiger partial charge in [-0.25, -0.2) is 9.37 Å². The number of anilines is 2. The fourth-order valence-corrected chi connectivity index (χ4v) is 3.96. The summed E-state index contributed by atoms with van der Waals surface area (Å²) in [5.41, 5.74) is 2.63. The molecule has 0 atom stereocenters. The lowest BCUT2D eigenvalue weighted by Crippen LogP contribution is -2.36. The molecule has 2 aliphatic rings. The van der Waals surface area contributed by atoms with Crippen molar-refractivity contribution in [1.82, 2.24) is 9.88 Å². The van der Waals surface area contributed by atoms with Gasteiger partial charge in [-0.2, -0.15) is 10.2 Å². The second kappa shape index (κ2) is 8.04. The van der Waals surface area contributed by atoms with Crippen molar-refractivity contribution >= 4 is 23.1 Å². The lowest BCUT2D eigenvalue weighted by molar-refractivity contribution is 0.0724. The molecule has 146 valence electrons. The number of benzene rings is 1. The molecule has 3 heterocycles. The summed E-state index contributed by atoms with van der Waals surface area (Å²) >= 11 is 0. The van der Waals surface area contributed by atoms with E-state index in [2.05, 4.69) is 15.2 Å². The smallest absolute Gasteiger partial charge is 0.255 e. The van der Waals surface area contributed by atoms with Crippen LogP contribution in [0.2, 0.25) is 0 Å². The molecule has 0 saturated carbocycles. The van der Waals surface area contributed by atoms with E-state index in [-0.39, 0.29) is 11.6 Å². The number of amides is 1. The van der Waals surface area contributed by atoms with Gasteiger partial charge in [0.1, 0.15) is 11.5 Å².